The quantitative estimate of drug-likeness (QED) is 0.0886. The average Bonchev–Trinajstić information content (AvgIpc) is 3.66. The fourth-order valence-corrected chi connectivity index (χ4v) is 7.57. The van der Waals surface area contributed by atoms with Crippen molar-refractivity contribution in [3.63, 3.8) is 0 Å². The zero-order valence-electron chi connectivity index (χ0n) is 26.3. The van der Waals surface area contributed by atoms with Gasteiger partial charge in [-0.1, -0.05) is 66.7 Å². The number of hydrogen-bond acceptors (Lipinski definition) is 4. The smallest absolute Gasteiger partial charge is 0.204 e. The molecule has 2 heterocycles. The highest BCUT2D eigenvalue weighted by atomic mass is 16.3. The highest BCUT2D eigenvalue weighted by Crippen LogP contribution is 2.48. The minimum Gasteiger partial charge on any atom is -0.505 e. The first-order chi connectivity index (χ1) is 23.9. The second kappa shape index (κ2) is 10.9. The van der Waals surface area contributed by atoms with E-state index >= 15 is 0 Å². The van der Waals surface area contributed by atoms with Gasteiger partial charge >= 0.3 is 0 Å². The molecule has 49 heavy (non-hydrogen) atoms. The highest BCUT2D eigenvalue weighted by molar-refractivity contribution is 6.38. The van der Waals surface area contributed by atoms with Crippen LogP contribution in [0.2, 0.25) is 0 Å². The molecule has 0 fully saturated rings. The van der Waals surface area contributed by atoms with Crippen LogP contribution in [0.3, 0.4) is 0 Å². The number of hydrogen-bond donors (Lipinski definition) is 4. The van der Waals surface area contributed by atoms with Gasteiger partial charge in [0.1, 0.15) is 7.85 Å². The minimum absolute atomic E-state index is 0.121. The number of para-hydroxylation sites is 3. The summed E-state index contributed by atoms with van der Waals surface area (Å²) in [4.78, 5) is 0. The Labute approximate surface area is 283 Å². The Morgan fingerprint density at radius 1 is 0.490 bits per heavy atom. The molecule has 6 nitrogen and oxygen atoms in total. The molecule has 7 heteroatoms. The van der Waals surface area contributed by atoms with Crippen molar-refractivity contribution in [1.82, 2.24) is 9.13 Å². The van der Waals surface area contributed by atoms with Crippen LogP contribution in [-0.4, -0.2) is 37.4 Å². The maximum absolute atomic E-state index is 10.9. The lowest BCUT2D eigenvalue weighted by Gasteiger charge is -2.21. The summed E-state index contributed by atoms with van der Waals surface area (Å²) < 4.78 is 4.58. The summed E-state index contributed by atoms with van der Waals surface area (Å²) in [5.74, 6) is -2.86. The summed E-state index contributed by atoms with van der Waals surface area (Å²) >= 11 is 0. The number of rotatable bonds is 4. The molecule has 0 unspecified atom stereocenters. The van der Waals surface area contributed by atoms with Crippen molar-refractivity contribution in [2.24, 2.45) is 0 Å². The van der Waals surface area contributed by atoms with Crippen LogP contribution >= 0.6 is 0 Å². The van der Waals surface area contributed by atoms with E-state index in [0.29, 0.717) is 18.4 Å². The summed E-state index contributed by atoms with van der Waals surface area (Å²) in [6.45, 7) is 0. The fourth-order valence-electron chi connectivity index (χ4n) is 7.57. The van der Waals surface area contributed by atoms with Gasteiger partial charge < -0.3 is 29.6 Å². The number of aromatic nitrogens is 2. The molecule has 1 aliphatic rings. The Bertz CT molecular complexity index is 2630. The number of nitrogens with zero attached hydrogens (tertiary/aromatic N) is 2. The van der Waals surface area contributed by atoms with E-state index in [0.717, 1.165) is 55.7 Å². The molecular weight excluding hydrogens is 607 g/mol. The molecule has 4 N–H and O–H groups in total. The summed E-state index contributed by atoms with van der Waals surface area (Å²) in [6, 6.07) is 42.3. The molecule has 0 spiro atoms. The molecule has 9 rings (SSSR count). The number of phenolic OH excluding ortho intramolecular Hbond substituents is 4. The third-order valence-corrected chi connectivity index (χ3v) is 9.85. The van der Waals surface area contributed by atoms with Crippen molar-refractivity contribution in [3.05, 3.63) is 138 Å². The molecule has 234 valence electrons. The molecule has 8 aromatic rings. The standard InChI is InChI=1S/C42H29BN2O4/c43-38-37(39(46)41(48)42(49)40(38)47)26-17-20-36-32(23-26)31-22-25(16-19-35(31)45(36)28-11-5-2-6-12-28)24-15-18-34-30(21-24)29-13-7-8-14-33(29)44(34)27-9-3-1-4-10-27/h1-16,18-19,21-23,46-49H,17,20H2. The van der Waals surface area contributed by atoms with Gasteiger partial charge in [-0.25, -0.2) is 0 Å². The largest absolute Gasteiger partial charge is 0.505 e. The van der Waals surface area contributed by atoms with Gasteiger partial charge in [-0.3, -0.25) is 0 Å². The van der Waals surface area contributed by atoms with Crippen LogP contribution in [0, 0.1) is 0 Å². The summed E-state index contributed by atoms with van der Waals surface area (Å²) in [5, 5.41) is 45.1. The fraction of sp³-hybridized carbons (Fsp3) is 0.0476. The topological polar surface area (TPSA) is 90.8 Å². The van der Waals surface area contributed by atoms with Crippen LogP contribution in [0.15, 0.2) is 121 Å². The van der Waals surface area contributed by atoms with Crippen LogP contribution in [0.1, 0.15) is 23.2 Å². The summed E-state index contributed by atoms with van der Waals surface area (Å²) in [5.41, 5.74) is 10.3. The third-order valence-electron chi connectivity index (χ3n) is 9.85. The Hall–Kier alpha value is -6.34. The van der Waals surface area contributed by atoms with Crippen molar-refractivity contribution >= 4 is 57.7 Å². The van der Waals surface area contributed by atoms with Crippen LogP contribution in [0.25, 0.3) is 66.9 Å². The highest BCUT2D eigenvalue weighted by Gasteiger charge is 2.27. The van der Waals surface area contributed by atoms with Gasteiger partial charge in [-0.15, -0.1) is 0 Å². The minimum atomic E-state index is -0.843. The normalized spacial score (nSPS) is 12.9. The molecular formula is C42H29BN2O4. The predicted molar refractivity (Wildman–Crippen MR) is 198 cm³/mol. The number of allylic oxidation sites excluding steroid dienone is 1. The van der Waals surface area contributed by atoms with Crippen LogP contribution in [0.5, 0.6) is 23.0 Å². The van der Waals surface area contributed by atoms with Gasteiger partial charge in [0.25, 0.3) is 0 Å². The van der Waals surface area contributed by atoms with Crippen molar-refractivity contribution in [1.29, 1.82) is 0 Å². The van der Waals surface area contributed by atoms with Crippen LogP contribution in [-0.2, 0) is 6.42 Å². The lowest BCUT2D eigenvalue weighted by Crippen LogP contribution is -2.13. The van der Waals surface area contributed by atoms with E-state index in [9.17, 15) is 20.4 Å². The molecule has 0 amide bonds. The van der Waals surface area contributed by atoms with E-state index in [1.54, 1.807) is 0 Å². The SMILES string of the molecule is [B]c1c(O)c(O)c(O)c(O)c1C1=Cc2c(n(-c3ccccc3)c3ccc(-c4ccc5c(c4)c4ccccc4n5-c4ccccc4)cc23)CC1. The predicted octanol–water partition coefficient (Wildman–Crippen LogP) is 8.50. The van der Waals surface area contributed by atoms with E-state index in [1.165, 1.54) is 10.8 Å². The van der Waals surface area contributed by atoms with E-state index in [-0.39, 0.29) is 11.0 Å². The maximum Gasteiger partial charge on any atom is 0.204 e. The van der Waals surface area contributed by atoms with Crippen molar-refractivity contribution in [2.75, 3.05) is 0 Å². The third kappa shape index (κ3) is 4.29. The van der Waals surface area contributed by atoms with Crippen molar-refractivity contribution < 1.29 is 20.4 Å². The first-order valence-electron chi connectivity index (χ1n) is 16.2. The maximum atomic E-state index is 10.9. The molecule has 0 bridgehead atoms. The molecule has 0 atom stereocenters. The average molecular weight is 637 g/mol. The van der Waals surface area contributed by atoms with E-state index in [4.69, 9.17) is 7.85 Å². The van der Waals surface area contributed by atoms with Crippen molar-refractivity contribution in [2.45, 2.75) is 12.8 Å². The number of benzene rings is 6. The molecule has 1 aliphatic carbocycles. The zero-order valence-corrected chi connectivity index (χ0v) is 26.3. The molecule has 0 aliphatic heterocycles. The monoisotopic (exact) mass is 636 g/mol. The Balaban J connectivity index is 1.26. The Morgan fingerprint density at radius 2 is 1.04 bits per heavy atom. The van der Waals surface area contributed by atoms with Crippen molar-refractivity contribution in [3.8, 4) is 45.5 Å². The lowest BCUT2D eigenvalue weighted by atomic mass is 9.81. The van der Waals surface area contributed by atoms with Gasteiger partial charge in [0, 0.05) is 44.4 Å². The molecule has 6 aromatic carbocycles. The number of aromatic hydroxyl groups is 4. The first kappa shape index (κ1) is 28.9. The van der Waals surface area contributed by atoms with Gasteiger partial charge in [0.15, 0.2) is 11.5 Å². The number of fused-ring (bicyclic) bond motifs is 6. The second-order valence-corrected chi connectivity index (χ2v) is 12.5. The van der Waals surface area contributed by atoms with E-state index < -0.39 is 23.0 Å². The van der Waals surface area contributed by atoms with Gasteiger partial charge in [-0.05, 0) is 95.7 Å². The number of phenols is 4. The Morgan fingerprint density at radius 3 is 1.73 bits per heavy atom. The lowest BCUT2D eigenvalue weighted by molar-refractivity contribution is 0.347. The zero-order chi connectivity index (χ0) is 33.4. The molecule has 2 aromatic heterocycles. The van der Waals surface area contributed by atoms with Crippen LogP contribution < -0.4 is 5.46 Å². The van der Waals surface area contributed by atoms with E-state index in [2.05, 4.69) is 106 Å². The summed E-state index contributed by atoms with van der Waals surface area (Å²) in [6.07, 6.45) is 3.08. The summed E-state index contributed by atoms with van der Waals surface area (Å²) in [7, 11) is 6.21. The molecule has 0 saturated heterocycles. The van der Waals surface area contributed by atoms with Gasteiger partial charge in [0.05, 0.1) is 16.6 Å². The second-order valence-electron chi connectivity index (χ2n) is 12.5. The van der Waals surface area contributed by atoms with Gasteiger partial charge in [0.2, 0.25) is 11.5 Å². The van der Waals surface area contributed by atoms with Gasteiger partial charge in [-0.2, -0.15) is 0 Å². The Kier molecular flexibility index (Phi) is 6.39. The molecule has 0 saturated carbocycles. The van der Waals surface area contributed by atoms with E-state index in [1.807, 2.05) is 30.3 Å². The molecule has 2 radical (unpaired) electrons. The first-order valence-corrected chi connectivity index (χ1v) is 16.2. The van der Waals surface area contributed by atoms with Crippen LogP contribution in [0.4, 0.5) is 0 Å².